The molecule has 5 heteroatoms. The number of rotatable bonds is 8. The Morgan fingerprint density at radius 2 is 1.96 bits per heavy atom. The van der Waals surface area contributed by atoms with E-state index in [2.05, 4.69) is 47.8 Å². The normalized spacial score (nSPS) is 18.5. The number of ether oxygens (including phenoxy) is 1. The summed E-state index contributed by atoms with van der Waals surface area (Å²) in [4.78, 5) is 25.2. The molecule has 0 fully saturated rings. The summed E-state index contributed by atoms with van der Waals surface area (Å²) < 4.78 is 4.62. The highest BCUT2D eigenvalue weighted by molar-refractivity contribution is 5.83. The van der Waals surface area contributed by atoms with Crippen LogP contribution in [0, 0.1) is 10.3 Å². The van der Waals surface area contributed by atoms with Crippen LogP contribution in [0.3, 0.4) is 0 Å². The van der Waals surface area contributed by atoms with Crippen LogP contribution in [0.5, 0.6) is 0 Å². The second-order valence-corrected chi connectivity index (χ2v) is 7.21. The topological polar surface area (TPSA) is 65.0 Å². The Kier molecular flexibility index (Phi) is 8.76. The molecule has 142 valence electrons. The Morgan fingerprint density at radius 1 is 1.23 bits per heavy atom. The van der Waals surface area contributed by atoms with E-state index in [4.69, 9.17) is 0 Å². The van der Waals surface area contributed by atoms with Crippen LogP contribution in [0.25, 0.3) is 0 Å². The molecule has 5 nitrogen and oxygen atoms in total. The lowest BCUT2D eigenvalue weighted by molar-refractivity contribution is -0.150. The maximum Gasteiger partial charge on any atom is 0.333 e. The zero-order chi connectivity index (χ0) is 19.6. The Balaban J connectivity index is 2.66. The van der Waals surface area contributed by atoms with Gasteiger partial charge in [0.2, 0.25) is 0 Å². The van der Waals surface area contributed by atoms with Crippen molar-refractivity contribution in [2.24, 2.45) is 10.8 Å². The number of carbonyl (C=O) groups is 1. The molecule has 0 aliphatic heterocycles. The van der Waals surface area contributed by atoms with Gasteiger partial charge in [-0.05, 0) is 56.6 Å². The summed E-state index contributed by atoms with van der Waals surface area (Å²) in [6.07, 6.45) is 15.0. The van der Waals surface area contributed by atoms with Crippen molar-refractivity contribution in [1.82, 2.24) is 0 Å². The lowest BCUT2D eigenvalue weighted by atomic mass is 9.72. The third kappa shape index (κ3) is 7.64. The minimum absolute atomic E-state index is 0.234. The van der Waals surface area contributed by atoms with Gasteiger partial charge in [-0.25, -0.2) is 4.79 Å². The van der Waals surface area contributed by atoms with Gasteiger partial charge in [0.1, 0.15) is 0 Å². The molecule has 26 heavy (non-hydrogen) atoms. The van der Waals surface area contributed by atoms with E-state index in [0.717, 1.165) is 11.1 Å². The minimum atomic E-state index is -0.585. The lowest BCUT2D eigenvalue weighted by Crippen LogP contribution is -2.19. The summed E-state index contributed by atoms with van der Waals surface area (Å²) in [6.45, 7) is 10.2. The van der Waals surface area contributed by atoms with Gasteiger partial charge in [-0.15, -0.1) is 4.91 Å². The van der Waals surface area contributed by atoms with Gasteiger partial charge in [-0.1, -0.05) is 55.4 Å². The quantitative estimate of drug-likeness (QED) is 0.106. The first kappa shape index (κ1) is 21.6. The average molecular weight is 359 g/mol. The molecule has 1 aliphatic carbocycles. The van der Waals surface area contributed by atoms with Crippen LogP contribution in [0.1, 0.15) is 53.9 Å². The summed E-state index contributed by atoms with van der Waals surface area (Å²) in [6, 6.07) is 0. The zero-order valence-electron chi connectivity index (χ0n) is 16.4. The van der Waals surface area contributed by atoms with Gasteiger partial charge in [-0.2, -0.15) is 0 Å². The van der Waals surface area contributed by atoms with E-state index >= 15 is 0 Å². The van der Waals surface area contributed by atoms with Gasteiger partial charge in [0, 0.05) is 6.08 Å². The molecule has 0 amide bonds. The van der Waals surface area contributed by atoms with Gasteiger partial charge >= 0.3 is 5.97 Å². The van der Waals surface area contributed by atoms with Gasteiger partial charge in [0.15, 0.2) is 5.34 Å². The van der Waals surface area contributed by atoms with Crippen LogP contribution in [-0.4, -0.2) is 12.8 Å². The van der Waals surface area contributed by atoms with Crippen LogP contribution in [-0.2, 0) is 14.4 Å². The fraction of sp³-hybridized carbons (Fsp3) is 0.476. The van der Waals surface area contributed by atoms with E-state index in [1.807, 2.05) is 25.2 Å². The number of hydrogen-bond donors (Lipinski definition) is 0. The van der Waals surface area contributed by atoms with E-state index in [-0.39, 0.29) is 5.41 Å². The molecule has 0 saturated carbocycles. The van der Waals surface area contributed by atoms with Crippen molar-refractivity contribution in [2.45, 2.75) is 53.9 Å². The highest BCUT2D eigenvalue weighted by atomic mass is 16.8. The minimum Gasteiger partial charge on any atom is -0.422 e. The van der Waals surface area contributed by atoms with E-state index in [9.17, 15) is 9.70 Å². The second-order valence-electron chi connectivity index (χ2n) is 7.21. The van der Waals surface area contributed by atoms with Gasteiger partial charge in [-0.3, -0.25) is 0 Å². The molecule has 0 radical (unpaired) electrons. The molecule has 0 N–H and O–H groups in total. The molecule has 0 aromatic heterocycles. The van der Waals surface area contributed by atoms with E-state index < -0.39 is 12.8 Å². The summed E-state index contributed by atoms with van der Waals surface area (Å²) in [5, 5.41) is 2.14. The molecule has 1 rings (SSSR count). The first-order chi connectivity index (χ1) is 12.3. The van der Waals surface area contributed by atoms with Gasteiger partial charge in [0.25, 0.3) is 6.79 Å². The third-order valence-corrected chi connectivity index (χ3v) is 4.43. The van der Waals surface area contributed by atoms with Crippen molar-refractivity contribution in [1.29, 1.82) is 0 Å². The molecule has 0 saturated heterocycles. The smallest absolute Gasteiger partial charge is 0.333 e. The Labute approximate surface area is 156 Å². The fourth-order valence-electron chi connectivity index (χ4n) is 3.01. The van der Waals surface area contributed by atoms with Crippen LogP contribution < -0.4 is 0 Å². The average Bonchev–Trinajstić information content (AvgIpc) is 2.54. The van der Waals surface area contributed by atoms with Crippen molar-refractivity contribution in [2.75, 3.05) is 6.79 Å². The Hall–Kier alpha value is -2.43. The molecule has 1 aliphatic rings. The summed E-state index contributed by atoms with van der Waals surface area (Å²) in [5.74, 6) is -0.585. The van der Waals surface area contributed by atoms with Crippen molar-refractivity contribution < 1.29 is 14.4 Å². The summed E-state index contributed by atoms with van der Waals surface area (Å²) >= 11 is 0. The van der Waals surface area contributed by atoms with Crippen LogP contribution >= 0.6 is 0 Å². The SMILES string of the molecule is CC(=CC(=O)OCON=O)/C=C/C=C(C)/C=C/C1=C(C)CCCC1(C)C. The molecule has 0 aromatic rings. The molecule has 0 heterocycles. The fourth-order valence-corrected chi connectivity index (χ4v) is 3.01. The number of esters is 1. The maximum atomic E-state index is 11.4. The zero-order valence-corrected chi connectivity index (χ0v) is 16.4. The molecule has 0 spiro atoms. The van der Waals surface area contributed by atoms with Crippen LogP contribution in [0.15, 0.2) is 64.1 Å². The van der Waals surface area contributed by atoms with E-state index in [0.29, 0.717) is 0 Å². The highest BCUT2D eigenvalue weighted by Gasteiger charge is 2.26. The van der Waals surface area contributed by atoms with Crippen LogP contribution in [0.2, 0.25) is 0 Å². The van der Waals surface area contributed by atoms with Crippen molar-refractivity contribution >= 4 is 5.97 Å². The lowest BCUT2D eigenvalue weighted by Gasteiger charge is -2.32. The first-order valence-electron chi connectivity index (χ1n) is 8.79. The Morgan fingerprint density at radius 3 is 2.62 bits per heavy atom. The molecule has 0 unspecified atom stereocenters. The maximum absolute atomic E-state index is 11.4. The number of allylic oxidation sites excluding steroid dienone is 9. The first-order valence-corrected chi connectivity index (χ1v) is 8.79. The van der Waals surface area contributed by atoms with E-state index in [1.54, 1.807) is 6.92 Å². The number of carbonyl (C=O) groups excluding carboxylic acids is 1. The van der Waals surface area contributed by atoms with Crippen molar-refractivity contribution in [3.8, 4) is 0 Å². The third-order valence-electron chi connectivity index (χ3n) is 4.43. The van der Waals surface area contributed by atoms with Crippen LogP contribution in [0.4, 0.5) is 0 Å². The molecular weight excluding hydrogens is 330 g/mol. The Bertz CT molecular complexity index is 663. The standard InChI is InChI=1S/C21H29NO4/c1-16(11-12-19-18(3)10-7-13-21(19,4)5)8-6-9-17(2)14-20(23)25-15-26-22-24/h6,8-9,11-12,14H,7,10,13,15H2,1-5H3/b9-6+,12-11+,16-8+,17-14?. The molecular formula is C21H29NO4. The van der Waals surface area contributed by atoms with Crippen molar-refractivity contribution in [3.05, 3.63) is 63.7 Å². The number of nitrogens with zero attached hydrogens (tertiary/aromatic N) is 1. The monoisotopic (exact) mass is 359 g/mol. The molecule has 0 atom stereocenters. The predicted molar refractivity (Wildman–Crippen MR) is 104 cm³/mol. The van der Waals surface area contributed by atoms with Gasteiger partial charge < -0.3 is 9.57 Å². The molecule has 0 aromatic carbocycles. The van der Waals surface area contributed by atoms with Gasteiger partial charge in [0.05, 0.1) is 0 Å². The molecule has 0 bridgehead atoms. The summed E-state index contributed by atoms with van der Waals surface area (Å²) in [7, 11) is 0. The predicted octanol–water partition coefficient (Wildman–Crippen LogP) is 5.72. The summed E-state index contributed by atoms with van der Waals surface area (Å²) in [5.41, 5.74) is 5.01. The second kappa shape index (κ2) is 10.5. The largest absolute Gasteiger partial charge is 0.422 e. The van der Waals surface area contributed by atoms with E-state index in [1.165, 1.54) is 36.5 Å². The highest BCUT2D eigenvalue weighted by Crippen LogP contribution is 2.40. The van der Waals surface area contributed by atoms with Crippen molar-refractivity contribution in [3.63, 3.8) is 0 Å². The number of hydrogen-bond acceptors (Lipinski definition) is 5.